The first-order valence-corrected chi connectivity index (χ1v) is 11.0. The molecule has 0 radical (unpaired) electrons. The monoisotopic (exact) mass is 448 g/mol. The average Bonchev–Trinajstić information content (AvgIpc) is 3.34. The number of benzene rings is 2. The molecule has 2 aliphatic heterocycles. The third-order valence-electron chi connectivity index (χ3n) is 5.90. The fourth-order valence-corrected chi connectivity index (χ4v) is 4.24. The Labute approximate surface area is 189 Å². The third-order valence-corrected chi connectivity index (χ3v) is 5.90. The van der Waals surface area contributed by atoms with Crippen LogP contribution in [0.4, 0.5) is 5.69 Å². The summed E-state index contributed by atoms with van der Waals surface area (Å²) in [5.74, 6) is 0.414. The lowest BCUT2D eigenvalue weighted by atomic mass is 10.2. The van der Waals surface area contributed by atoms with Crippen LogP contribution in [0.1, 0.15) is 18.7 Å². The van der Waals surface area contributed by atoms with Crippen LogP contribution in [0.2, 0.25) is 0 Å². The summed E-state index contributed by atoms with van der Waals surface area (Å²) in [6, 6.07) is 14.2. The molecule has 9 nitrogen and oxygen atoms in total. The number of aromatic nitrogens is 2. The van der Waals surface area contributed by atoms with E-state index in [0.29, 0.717) is 41.3 Å². The van der Waals surface area contributed by atoms with E-state index in [1.807, 2.05) is 12.1 Å². The molecule has 0 bridgehead atoms. The van der Waals surface area contributed by atoms with Crippen LogP contribution in [0.15, 0.2) is 53.3 Å². The van der Waals surface area contributed by atoms with Crippen molar-refractivity contribution in [3.8, 4) is 5.75 Å². The molecule has 3 aromatic rings. The summed E-state index contributed by atoms with van der Waals surface area (Å²) in [5, 5.41) is 0.494. The van der Waals surface area contributed by atoms with E-state index in [0.717, 1.165) is 12.8 Å². The highest BCUT2D eigenvalue weighted by Crippen LogP contribution is 2.31. The van der Waals surface area contributed by atoms with Gasteiger partial charge in [-0.25, -0.2) is 4.98 Å². The molecule has 9 heteroatoms. The minimum absolute atomic E-state index is 0.0891. The molecular formula is C24H24N4O5. The van der Waals surface area contributed by atoms with Crippen molar-refractivity contribution < 1.29 is 19.1 Å². The number of nitrogens with zero attached hydrogens (tertiary/aromatic N) is 3. The van der Waals surface area contributed by atoms with Crippen LogP contribution < -0.4 is 15.2 Å². The van der Waals surface area contributed by atoms with Gasteiger partial charge in [-0.05, 0) is 37.1 Å². The van der Waals surface area contributed by atoms with E-state index in [-0.39, 0.29) is 43.2 Å². The topological polar surface area (TPSA) is 105 Å². The normalized spacial score (nSPS) is 17.6. The Hall–Kier alpha value is -3.72. The Kier molecular flexibility index (Phi) is 5.78. The molecule has 1 aromatic heterocycles. The maximum Gasteiger partial charge on any atom is 0.265 e. The van der Waals surface area contributed by atoms with E-state index < -0.39 is 0 Å². The number of rotatable bonds is 6. The number of carbonyl (C=O) groups excluding carboxylic acids is 2. The van der Waals surface area contributed by atoms with Gasteiger partial charge in [0.1, 0.15) is 18.1 Å². The maximum atomic E-state index is 13.4. The van der Waals surface area contributed by atoms with Crippen LogP contribution >= 0.6 is 0 Å². The minimum atomic E-state index is -0.281. The summed E-state index contributed by atoms with van der Waals surface area (Å²) in [5.41, 5.74) is 0.881. The Morgan fingerprint density at radius 2 is 1.97 bits per heavy atom. The van der Waals surface area contributed by atoms with Crippen molar-refractivity contribution in [3.63, 3.8) is 0 Å². The van der Waals surface area contributed by atoms with Gasteiger partial charge in [-0.1, -0.05) is 24.3 Å². The van der Waals surface area contributed by atoms with Crippen molar-refractivity contribution in [2.75, 3.05) is 31.2 Å². The molecule has 2 aromatic carbocycles. The number of hydrogen-bond acceptors (Lipinski definition) is 6. The molecule has 5 rings (SSSR count). The molecule has 1 N–H and O–H groups in total. The van der Waals surface area contributed by atoms with Gasteiger partial charge < -0.3 is 19.4 Å². The average molecular weight is 448 g/mol. The number of amides is 2. The summed E-state index contributed by atoms with van der Waals surface area (Å²) in [6.07, 6.45) is 1.70. The van der Waals surface area contributed by atoms with Gasteiger partial charge >= 0.3 is 0 Å². The molecule has 33 heavy (non-hydrogen) atoms. The molecule has 2 aliphatic rings. The lowest BCUT2D eigenvalue weighted by molar-refractivity contribution is -0.134. The molecule has 0 aliphatic carbocycles. The van der Waals surface area contributed by atoms with E-state index in [4.69, 9.17) is 9.47 Å². The zero-order valence-corrected chi connectivity index (χ0v) is 18.0. The van der Waals surface area contributed by atoms with Crippen LogP contribution in [-0.4, -0.2) is 59.1 Å². The van der Waals surface area contributed by atoms with E-state index in [2.05, 4.69) is 9.97 Å². The molecule has 2 amide bonds. The number of fused-ring (bicyclic) bond motifs is 2. The van der Waals surface area contributed by atoms with Gasteiger partial charge in [-0.2, -0.15) is 0 Å². The smallest absolute Gasteiger partial charge is 0.265 e. The number of para-hydroxylation sites is 3. The lowest BCUT2D eigenvalue weighted by Gasteiger charge is -2.32. The first-order chi connectivity index (χ1) is 16.1. The predicted octanol–water partition coefficient (Wildman–Crippen LogP) is 1.86. The second-order valence-corrected chi connectivity index (χ2v) is 8.18. The molecule has 0 saturated carbocycles. The highest BCUT2D eigenvalue weighted by Gasteiger charge is 2.30. The van der Waals surface area contributed by atoms with Crippen molar-refractivity contribution in [2.24, 2.45) is 0 Å². The van der Waals surface area contributed by atoms with Crippen LogP contribution in [0.3, 0.4) is 0 Å². The molecule has 1 unspecified atom stereocenters. The first kappa shape index (κ1) is 21.1. The van der Waals surface area contributed by atoms with Crippen molar-refractivity contribution in [3.05, 3.63) is 64.7 Å². The Balaban J connectivity index is 1.41. The minimum Gasteiger partial charge on any atom is -0.482 e. The van der Waals surface area contributed by atoms with Crippen molar-refractivity contribution in [2.45, 2.75) is 25.5 Å². The standard InChI is InChI=1S/C24H24N4O5/c29-22(14-28-19-9-3-4-10-20(19)33-15-23(28)30)27(12-16-6-5-11-32-16)13-21-25-18-8-2-1-7-17(18)24(31)26-21/h1-4,7-10,16H,5-6,11-15H2,(H,25,26,31). The van der Waals surface area contributed by atoms with Gasteiger partial charge in [-0.3, -0.25) is 19.3 Å². The van der Waals surface area contributed by atoms with Gasteiger partial charge in [-0.15, -0.1) is 0 Å². The molecule has 1 fully saturated rings. The first-order valence-electron chi connectivity index (χ1n) is 11.0. The van der Waals surface area contributed by atoms with Crippen molar-refractivity contribution in [1.82, 2.24) is 14.9 Å². The van der Waals surface area contributed by atoms with Crippen molar-refractivity contribution in [1.29, 1.82) is 0 Å². The Bertz CT molecular complexity index is 1250. The summed E-state index contributed by atoms with van der Waals surface area (Å²) in [7, 11) is 0. The van der Waals surface area contributed by atoms with Crippen LogP contribution in [0, 0.1) is 0 Å². The number of anilines is 1. The largest absolute Gasteiger partial charge is 0.482 e. The van der Waals surface area contributed by atoms with Crippen LogP contribution in [0.5, 0.6) is 5.75 Å². The quantitative estimate of drug-likeness (QED) is 0.617. The summed E-state index contributed by atoms with van der Waals surface area (Å²) < 4.78 is 11.2. The fourth-order valence-electron chi connectivity index (χ4n) is 4.24. The summed E-state index contributed by atoms with van der Waals surface area (Å²) in [4.78, 5) is 48.9. The van der Waals surface area contributed by atoms with E-state index in [1.165, 1.54) is 4.90 Å². The van der Waals surface area contributed by atoms with E-state index >= 15 is 0 Å². The second kappa shape index (κ2) is 9.03. The number of aromatic amines is 1. The van der Waals surface area contributed by atoms with E-state index in [1.54, 1.807) is 41.3 Å². The number of carbonyl (C=O) groups is 2. The Morgan fingerprint density at radius 3 is 2.82 bits per heavy atom. The molecule has 3 heterocycles. The number of H-pyrrole nitrogens is 1. The number of ether oxygens (including phenoxy) is 2. The fraction of sp³-hybridized carbons (Fsp3) is 0.333. The van der Waals surface area contributed by atoms with Crippen LogP contribution in [-0.2, 0) is 20.9 Å². The van der Waals surface area contributed by atoms with Gasteiger partial charge in [0.05, 0.1) is 29.2 Å². The van der Waals surface area contributed by atoms with Gasteiger partial charge in [0.15, 0.2) is 6.61 Å². The third kappa shape index (κ3) is 4.45. The van der Waals surface area contributed by atoms with Gasteiger partial charge in [0, 0.05) is 13.2 Å². The molecule has 1 atom stereocenters. The van der Waals surface area contributed by atoms with E-state index in [9.17, 15) is 14.4 Å². The van der Waals surface area contributed by atoms with Gasteiger partial charge in [0.25, 0.3) is 11.5 Å². The lowest BCUT2D eigenvalue weighted by Crippen LogP contribution is -2.48. The molecule has 170 valence electrons. The molecule has 0 spiro atoms. The predicted molar refractivity (Wildman–Crippen MR) is 121 cm³/mol. The zero-order valence-electron chi connectivity index (χ0n) is 18.0. The summed E-state index contributed by atoms with van der Waals surface area (Å²) in [6.45, 7) is 0.876. The number of hydrogen-bond donors (Lipinski definition) is 1. The summed E-state index contributed by atoms with van der Waals surface area (Å²) >= 11 is 0. The number of nitrogens with one attached hydrogen (secondary N) is 1. The maximum absolute atomic E-state index is 13.4. The highest BCUT2D eigenvalue weighted by atomic mass is 16.5. The SMILES string of the molecule is O=C(CN1C(=O)COc2ccccc21)N(Cc1nc2ccccc2c(=O)[nH]1)CC1CCCO1. The Morgan fingerprint density at radius 1 is 1.15 bits per heavy atom. The van der Waals surface area contributed by atoms with Crippen molar-refractivity contribution >= 4 is 28.4 Å². The van der Waals surface area contributed by atoms with Crippen LogP contribution in [0.25, 0.3) is 10.9 Å². The van der Waals surface area contributed by atoms with Gasteiger partial charge in [0.2, 0.25) is 5.91 Å². The molecule has 1 saturated heterocycles. The highest BCUT2D eigenvalue weighted by molar-refractivity contribution is 6.02. The second-order valence-electron chi connectivity index (χ2n) is 8.18. The molecular weight excluding hydrogens is 424 g/mol. The zero-order chi connectivity index (χ0) is 22.8.